The highest BCUT2D eigenvalue weighted by Gasteiger charge is 2.22. The molecule has 4 heteroatoms. The van der Waals surface area contributed by atoms with Crippen LogP contribution in [0.15, 0.2) is 5.38 Å². The van der Waals surface area contributed by atoms with E-state index >= 15 is 0 Å². The van der Waals surface area contributed by atoms with Crippen molar-refractivity contribution < 1.29 is 14.3 Å². The predicted octanol–water partition coefficient (Wildman–Crippen LogP) is 1.96. The van der Waals surface area contributed by atoms with Gasteiger partial charge < -0.3 is 9.47 Å². The molecule has 13 heavy (non-hydrogen) atoms. The molecule has 0 atom stereocenters. The summed E-state index contributed by atoms with van der Waals surface area (Å²) < 4.78 is 10.2. The van der Waals surface area contributed by atoms with Gasteiger partial charge in [0.2, 0.25) is 0 Å². The molecule has 0 radical (unpaired) electrons. The molecule has 1 aliphatic rings. The Balaban J connectivity index is 2.26. The van der Waals surface area contributed by atoms with Gasteiger partial charge in [0.25, 0.3) is 0 Å². The summed E-state index contributed by atoms with van der Waals surface area (Å²) in [5.41, 5.74) is 2.15. The van der Waals surface area contributed by atoms with Crippen molar-refractivity contribution in [1.82, 2.24) is 0 Å². The van der Waals surface area contributed by atoms with Gasteiger partial charge in [-0.25, -0.2) is 4.79 Å². The number of ether oxygens (including phenoxy) is 2. The number of rotatable bonds is 2. The first-order valence-corrected chi connectivity index (χ1v) is 5.05. The molecule has 2 heterocycles. The van der Waals surface area contributed by atoms with Crippen LogP contribution in [-0.2, 0) is 22.7 Å². The summed E-state index contributed by atoms with van der Waals surface area (Å²) in [4.78, 5) is 12.1. The highest BCUT2D eigenvalue weighted by molar-refractivity contribution is 7.12. The predicted molar refractivity (Wildman–Crippen MR) is 48.8 cm³/mol. The fraction of sp³-hybridized carbons (Fsp3) is 0.444. The van der Waals surface area contributed by atoms with E-state index in [1.807, 2.05) is 12.3 Å². The molecular weight excluding hydrogens is 188 g/mol. The SMILES string of the molecule is CCOC(=O)c1scc2c1COC2. The summed E-state index contributed by atoms with van der Waals surface area (Å²) in [6, 6.07) is 0. The van der Waals surface area contributed by atoms with Crippen LogP contribution in [0.2, 0.25) is 0 Å². The zero-order valence-corrected chi connectivity index (χ0v) is 8.15. The van der Waals surface area contributed by atoms with Crippen LogP contribution >= 0.6 is 11.3 Å². The van der Waals surface area contributed by atoms with Crippen LogP contribution in [0.1, 0.15) is 27.7 Å². The number of thiophene rings is 1. The molecule has 3 nitrogen and oxygen atoms in total. The van der Waals surface area contributed by atoms with Crippen molar-refractivity contribution in [1.29, 1.82) is 0 Å². The first-order chi connectivity index (χ1) is 6.33. The van der Waals surface area contributed by atoms with E-state index in [9.17, 15) is 4.79 Å². The maximum Gasteiger partial charge on any atom is 0.348 e. The minimum Gasteiger partial charge on any atom is -0.462 e. The summed E-state index contributed by atoms with van der Waals surface area (Å²) in [7, 11) is 0. The molecule has 0 aliphatic carbocycles. The fourth-order valence-corrected chi connectivity index (χ4v) is 2.29. The number of fused-ring (bicyclic) bond motifs is 1. The molecule has 0 amide bonds. The van der Waals surface area contributed by atoms with Gasteiger partial charge in [0.15, 0.2) is 0 Å². The monoisotopic (exact) mass is 198 g/mol. The second kappa shape index (κ2) is 3.47. The highest BCUT2D eigenvalue weighted by atomic mass is 32.1. The maximum absolute atomic E-state index is 11.4. The Labute approximate surface area is 80.3 Å². The van der Waals surface area contributed by atoms with E-state index in [0.29, 0.717) is 24.7 Å². The van der Waals surface area contributed by atoms with Gasteiger partial charge in [0, 0.05) is 5.56 Å². The Morgan fingerprint density at radius 3 is 3.31 bits per heavy atom. The van der Waals surface area contributed by atoms with E-state index in [1.165, 1.54) is 11.3 Å². The first kappa shape index (κ1) is 8.72. The second-order valence-electron chi connectivity index (χ2n) is 2.78. The molecule has 0 unspecified atom stereocenters. The highest BCUT2D eigenvalue weighted by Crippen LogP contribution is 2.29. The molecule has 2 rings (SSSR count). The van der Waals surface area contributed by atoms with E-state index in [0.717, 1.165) is 11.1 Å². The zero-order valence-electron chi connectivity index (χ0n) is 7.33. The van der Waals surface area contributed by atoms with Gasteiger partial charge in [-0.3, -0.25) is 0 Å². The molecular formula is C9H10O3S. The lowest BCUT2D eigenvalue weighted by molar-refractivity contribution is 0.0528. The van der Waals surface area contributed by atoms with Gasteiger partial charge >= 0.3 is 5.97 Å². The van der Waals surface area contributed by atoms with Crippen molar-refractivity contribution in [3.05, 3.63) is 21.4 Å². The van der Waals surface area contributed by atoms with E-state index in [2.05, 4.69) is 0 Å². The standard InChI is InChI=1S/C9H10O3S/c1-2-12-9(10)8-7-4-11-3-6(7)5-13-8/h5H,2-4H2,1H3. The van der Waals surface area contributed by atoms with Gasteiger partial charge in [-0.15, -0.1) is 11.3 Å². The minimum atomic E-state index is -0.223. The Hall–Kier alpha value is -0.870. The van der Waals surface area contributed by atoms with E-state index in [4.69, 9.17) is 9.47 Å². The van der Waals surface area contributed by atoms with E-state index in [-0.39, 0.29) is 5.97 Å². The third kappa shape index (κ3) is 1.47. The largest absolute Gasteiger partial charge is 0.462 e. The van der Waals surface area contributed by atoms with Crippen LogP contribution < -0.4 is 0 Å². The molecule has 0 N–H and O–H groups in total. The third-order valence-corrected chi connectivity index (χ3v) is 3.00. The summed E-state index contributed by atoms with van der Waals surface area (Å²) in [6.07, 6.45) is 0. The van der Waals surface area contributed by atoms with Crippen molar-refractivity contribution in [2.45, 2.75) is 20.1 Å². The molecule has 70 valence electrons. The molecule has 0 spiro atoms. The van der Waals surface area contributed by atoms with Crippen LogP contribution in [-0.4, -0.2) is 12.6 Å². The Bertz CT molecular complexity index is 330. The molecule has 0 fully saturated rings. The van der Waals surface area contributed by atoms with Crippen molar-refractivity contribution >= 4 is 17.3 Å². The quantitative estimate of drug-likeness (QED) is 0.681. The number of carbonyl (C=O) groups is 1. The van der Waals surface area contributed by atoms with Crippen LogP contribution in [0.3, 0.4) is 0 Å². The maximum atomic E-state index is 11.4. The van der Waals surface area contributed by atoms with Crippen molar-refractivity contribution in [3.63, 3.8) is 0 Å². The molecule has 0 saturated carbocycles. The minimum absolute atomic E-state index is 0.223. The van der Waals surface area contributed by atoms with Crippen LogP contribution in [0.5, 0.6) is 0 Å². The van der Waals surface area contributed by atoms with Gasteiger partial charge in [-0.05, 0) is 17.9 Å². The molecule has 1 aromatic rings. The topological polar surface area (TPSA) is 35.5 Å². The van der Waals surface area contributed by atoms with Crippen molar-refractivity contribution in [2.24, 2.45) is 0 Å². The number of hydrogen-bond donors (Lipinski definition) is 0. The summed E-state index contributed by atoms with van der Waals surface area (Å²) in [5, 5.41) is 1.97. The Kier molecular flexibility index (Phi) is 2.33. The van der Waals surface area contributed by atoms with Gasteiger partial charge in [0.1, 0.15) is 4.88 Å². The van der Waals surface area contributed by atoms with Crippen LogP contribution in [0.25, 0.3) is 0 Å². The van der Waals surface area contributed by atoms with Gasteiger partial charge in [-0.1, -0.05) is 0 Å². The molecule has 0 aromatic carbocycles. The second-order valence-corrected chi connectivity index (χ2v) is 3.66. The first-order valence-electron chi connectivity index (χ1n) is 4.17. The average Bonchev–Trinajstić information content (AvgIpc) is 2.62. The summed E-state index contributed by atoms with van der Waals surface area (Å²) in [5.74, 6) is -0.223. The average molecular weight is 198 g/mol. The molecule has 0 bridgehead atoms. The molecule has 0 saturated heterocycles. The third-order valence-electron chi connectivity index (χ3n) is 1.95. The summed E-state index contributed by atoms with van der Waals surface area (Å²) in [6.45, 7) is 3.41. The van der Waals surface area contributed by atoms with Gasteiger partial charge in [-0.2, -0.15) is 0 Å². The number of hydrogen-bond acceptors (Lipinski definition) is 4. The lowest BCUT2D eigenvalue weighted by Crippen LogP contribution is -2.04. The lowest BCUT2D eigenvalue weighted by atomic mass is 10.2. The Morgan fingerprint density at radius 2 is 2.54 bits per heavy atom. The van der Waals surface area contributed by atoms with Crippen molar-refractivity contribution in [3.8, 4) is 0 Å². The zero-order chi connectivity index (χ0) is 9.26. The lowest BCUT2D eigenvalue weighted by Gasteiger charge is -1.99. The van der Waals surface area contributed by atoms with E-state index < -0.39 is 0 Å². The van der Waals surface area contributed by atoms with Crippen molar-refractivity contribution in [2.75, 3.05) is 6.61 Å². The fourth-order valence-electron chi connectivity index (χ4n) is 1.33. The molecule has 1 aliphatic heterocycles. The number of esters is 1. The van der Waals surface area contributed by atoms with E-state index in [1.54, 1.807) is 0 Å². The summed E-state index contributed by atoms with van der Waals surface area (Å²) >= 11 is 1.45. The van der Waals surface area contributed by atoms with Crippen LogP contribution in [0, 0.1) is 0 Å². The van der Waals surface area contributed by atoms with Crippen LogP contribution in [0.4, 0.5) is 0 Å². The number of carbonyl (C=O) groups excluding carboxylic acids is 1. The van der Waals surface area contributed by atoms with Gasteiger partial charge in [0.05, 0.1) is 19.8 Å². The molecule has 1 aromatic heterocycles. The Morgan fingerprint density at radius 1 is 1.69 bits per heavy atom. The normalized spacial score (nSPS) is 14.2. The smallest absolute Gasteiger partial charge is 0.348 e.